The van der Waals surface area contributed by atoms with Crippen molar-refractivity contribution in [1.29, 1.82) is 0 Å². The number of allylic oxidation sites excluding steroid dienone is 1. The summed E-state index contributed by atoms with van der Waals surface area (Å²) in [5.74, 6) is 0. The molecule has 0 aromatic rings. The summed E-state index contributed by atoms with van der Waals surface area (Å²) in [7, 11) is 1.47. The van der Waals surface area contributed by atoms with Crippen molar-refractivity contribution in [1.82, 2.24) is 0 Å². The van der Waals surface area contributed by atoms with E-state index in [1.807, 2.05) is 6.08 Å². The predicted octanol–water partition coefficient (Wildman–Crippen LogP) is 1.21. The zero-order valence-electron chi connectivity index (χ0n) is 5.37. The minimum absolute atomic E-state index is 0.208. The molecule has 0 N–H and O–H groups in total. The lowest BCUT2D eigenvalue weighted by molar-refractivity contribution is -0.356. The first-order valence-corrected chi connectivity index (χ1v) is 2.93. The first-order chi connectivity index (χ1) is 4.43. The first-order valence-electron chi connectivity index (χ1n) is 2.93. The van der Waals surface area contributed by atoms with Crippen LogP contribution in [0.25, 0.3) is 0 Å². The van der Waals surface area contributed by atoms with Gasteiger partial charge in [-0.2, -0.15) is 4.89 Å². The van der Waals surface area contributed by atoms with Crippen molar-refractivity contribution in [3.63, 3.8) is 0 Å². The monoisotopic (exact) mass is 130 g/mol. The van der Waals surface area contributed by atoms with Gasteiger partial charge in [-0.3, -0.25) is 0 Å². The lowest BCUT2D eigenvalue weighted by Crippen LogP contribution is -2.15. The van der Waals surface area contributed by atoms with Gasteiger partial charge in [0.2, 0.25) is 6.29 Å². The van der Waals surface area contributed by atoms with E-state index >= 15 is 0 Å². The molecule has 0 fully saturated rings. The van der Waals surface area contributed by atoms with Gasteiger partial charge in [-0.15, -0.1) is 0 Å². The Labute approximate surface area is 54.1 Å². The van der Waals surface area contributed by atoms with Crippen LogP contribution in [0.3, 0.4) is 0 Å². The van der Waals surface area contributed by atoms with Crippen LogP contribution in [0, 0.1) is 0 Å². The third-order valence-corrected chi connectivity index (χ3v) is 1.10. The molecular formula is C6H10O3. The largest absolute Gasteiger partial charge is 0.470 e. The van der Waals surface area contributed by atoms with Crippen molar-refractivity contribution >= 4 is 0 Å². The van der Waals surface area contributed by atoms with Gasteiger partial charge in [0, 0.05) is 6.42 Å². The lowest BCUT2D eigenvalue weighted by Gasteiger charge is -2.16. The summed E-state index contributed by atoms with van der Waals surface area (Å²) >= 11 is 0. The van der Waals surface area contributed by atoms with Gasteiger partial charge >= 0.3 is 0 Å². The molecule has 3 heteroatoms. The molecule has 0 aliphatic carbocycles. The van der Waals surface area contributed by atoms with Crippen molar-refractivity contribution in [2.24, 2.45) is 0 Å². The Bertz CT molecular complexity index is 100. The van der Waals surface area contributed by atoms with Crippen molar-refractivity contribution in [2.75, 3.05) is 7.11 Å². The summed E-state index contributed by atoms with van der Waals surface area (Å²) in [6.07, 6.45) is 5.24. The summed E-state index contributed by atoms with van der Waals surface area (Å²) in [5, 5.41) is 0. The molecule has 3 nitrogen and oxygen atoms in total. The fraction of sp³-hybridized carbons (Fsp3) is 0.667. The van der Waals surface area contributed by atoms with Gasteiger partial charge in [0.1, 0.15) is 0 Å². The predicted molar refractivity (Wildman–Crippen MR) is 31.3 cm³/mol. The molecule has 0 saturated heterocycles. The topological polar surface area (TPSA) is 27.7 Å². The van der Waals surface area contributed by atoms with Crippen LogP contribution >= 0.6 is 0 Å². The van der Waals surface area contributed by atoms with E-state index in [0.29, 0.717) is 0 Å². The van der Waals surface area contributed by atoms with Gasteiger partial charge in [-0.25, -0.2) is 4.89 Å². The van der Waals surface area contributed by atoms with Gasteiger partial charge in [-0.05, 0) is 12.5 Å². The quantitative estimate of drug-likeness (QED) is 0.415. The van der Waals surface area contributed by atoms with Crippen LogP contribution in [0.1, 0.15) is 12.8 Å². The minimum Gasteiger partial charge on any atom is -0.470 e. The molecule has 1 rings (SSSR count). The van der Waals surface area contributed by atoms with Gasteiger partial charge in [0.25, 0.3) is 0 Å². The van der Waals surface area contributed by atoms with E-state index in [4.69, 9.17) is 9.62 Å². The molecule has 0 spiro atoms. The number of ether oxygens (including phenoxy) is 1. The second kappa shape index (κ2) is 3.48. The third-order valence-electron chi connectivity index (χ3n) is 1.10. The minimum atomic E-state index is -0.208. The molecule has 1 atom stereocenters. The summed E-state index contributed by atoms with van der Waals surface area (Å²) in [6, 6.07) is 0. The van der Waals surface area contributed by atoms with Crippen LogP contribution in [0.15, 0.2) is 12.3 Å². The fourth-order valence-corrected chi connectivity index (χ4v) is 0.690. The second-order valence-electron chi connectivity index (χ2n) is 1.78. The van der Waals surface area contributed by atoms with E-state index in [-0.39, 0.29) is 6.29 Å². The molecular weight excluding hydrogens is 120 g/mol. The summed E-state index contributed by atoms with van der Waals surface area (Å²) in [4.78, 5) is 9.13. The maximum absolute atomic E-state index is 4.99. The van der Waals surface area contributed by atoms with Crippen LogP contribution < -0.4 is 0 Å². The van der Waals surface area contributed by atoms with E-state index < -0.39 is 0 Å². The molecule has 1 aliphatic rings. The molecule has 0 amide bonds. The normalized spacial score (nSPS) is 25.7. The fourth-order valence-electron chi connectivity index (χ4n) is 0.690. The molecule has 0 aromatic heterocycles. The van der Waals surface area contributed by atoms with E-state index in [2.05, 4.69) is 4.89 Å². The Morgan fingerprint density at radius 3 is 3.11 bits per heavy atom. The molecule has 0 aromatic carbocycles. The Kier molecular flexibility index (Phi) is 2.54. The number of hydrogen-bond donors (Lipinski definition) is 0. The lowest BCUT2D eigenvalue weighted by atomic mass is 10.3. The average molecular weight is 130 g/mol. The maximum Gasteiger partial charge on any atom is 0.230 e. The van der Waals surface area contributed by atoms with Crippen LogP contribution in [-0.4, -0.2) is 13.4 Å². The average Bonchev–Trinajstić information content (AvgIpc) is 1.91. The zero-order chi connectivity index (χ0) is 6.53. The van der Waals surface area contributed by atoms with Crippen molar-refractivity contribution < 1.29 is 14.5 Å². The Morgan fingerprint density at radius 1 is 1.67 bits per heavy atom. The summed E-state index contributed by atoms with van der Waals surface area (Å²) in [5.41, 5.74) is 0. The molecule has 1 unspecified atom stereocenters. The summed E-state index contributed by atoms with van der Waals surface area (Å²) in [6.45, 7) is 0. The van der Waals surface area contributed by atoms with E-state index in [0.717, 1.165) is 12.8 Å². The highest BCUT2D eigenvalue weighted by molar-refractivity contribution is 4.78. The van der Waals surface area contributed by atoms with Gasteiger partial charge in [-0.1, -0.05) is 0 Å². The molecule has 9 heavy (non-hydrogen) atoms. The van der Waals surface area contributed by atoms with Crippen LogP contribution in [0.4, 0.5) is 0 Å². The van der Waals surface area contributed by atoms with E-state index in [1.54, 1.807) is 6.26 Å². The second-order valence-corrected chi connectivity index (χ2v) is 1.78. The number of hydrogen-bond acceptors (Lipinski definition) is 3. The van der Waals surface area contributed by atoms with Gasteiger partial charge < -0.3 is 4.74 Å². The van der Waals surface area contributed by atoms with Crippen LogP contribution in [-0.2, 0) is 14.5 Å². The zero-order valence-corrected chi connectivity index (χ0v) is 5.37. The Morgan fingerprint density at radius 2 is 2.56 bits per heavy atom. The molecule has 1 aliphatic heterocycles. The highest BCUT2D eigenvalue weighted by Gasteiger charge is 2.10. The van der Waals surface area contributed by atoms with Crippen LogP contribution in [0.2, 0.25) is 0 Å². The maximum atomic E-state index is 4.99. The van der Waals surface area contributed by atoms with Gasteiger partial charge in [0.05, 0.1) is 13.4 Å². The van der Waals surface area contributed by atoms with Gasteiger partial charge in [0.15, 0.2) is 0 Å². The first kappa shape index (κ1) is 6.58. The Balaban J connectivity index is 2.18. The third kappa shape index (κ3) is 2.03. The van der Waals surface area contributed by atoms with E-state index in [1.165, 1.54) is 7.11 Å². The molecule has 0 radical (unpaired) electrons. The Hall–Kier alpha value is -0.540. The van der Waals surface area contributed by atoms with Crippen molar-refractivity contribution in [2.45, 2.75) is 19.1 Å². The molecule has 1 heterocycles. The highest BCUT2D eigenvalue weighted by atomic mass is 17.2. The smallest absolute Gasteiger partial charge is 0.230 e. The SMILES string of the molecule is COOC1CCC=CO1. The van der Waals surface area contributed by atoms with Crippen LogP contribution in [0.5, 0.6) is 0 Å². The highest BCUT2D eigenvalue weighted by Crippen LogP contribution is 2.10. The molecule has 52 valence electrons. The standard InChI is InChI=1S/C6H10O3/c1-7-9-6-4-2-3-5-8-6/h3,5-6H,2,4H2,1H3. The van der Waals surface area contributed by atoms with Crippen molar-refractivity contribution in [3.8, 4) is 0 Å². The number of rotatable bonds is 2. The summed E-state index contributed by atoms with van der Waals surface area (Å²) < 4.78 is 4.99. The van der Waals surface area contributed by atoms with E-state index in [9.17, 15) is 0 Å². The molecule has 0 saturated carbocycles. The molecule has 0 bridgehead atoms. The van der Waals surface area contributed by atoms with Crippen molar-refractivity contribution in [3.05, 3.63) is 12.3 Å².